The fourth-order valence-corrected chi connectivity index (χ4v) is 3.80. The molecule has 2 aromatic carbocycles. The van der Waals surface area contributed by atoms with Crippen molar-refractivity contribution in [2.45, 2.75) is 39.7 Å². The normalized spacial score (nSPS) is 15.9. The molecule has 7 heteroatoms. The molecule has 1 aliphatic heterocycles. The molecule has 2 N–H and O–H groups in total. The van der Waals surface area contributed by atoms with Gasteiger partial charge in [-0.2, -0.15) is 0 Å². The van der Waals surface area contributed by atoms with Gasteiger partial charge in [0.15, 0.2) is 11.5 Å². The highest BCUT2D eigenvalue weighted by Gasteiger charge is 2.25. The van der Waals surface area contributed by atoms with Crippen molar-refractivity contribution >= 4 is 17.6 Å². The second-order valence-electron chi connectivity index (χ2n) is 8.49. The Morgan fingerprint density at radius 1 is 1.12 bits per heavy atom. The fraction of sp³-hybridized carbons (Fsp3) is 0.440. The van der Waals surface area contributed by atoms with E-state index in [0.29, 0.717) is 36.7 Å². The van der Waals surface area contributed by atoms with Gasteiger partial charge in [0.2, 0.25) is 0 Å². The lowest BCUT2D eigenvalue weighted by Gasteiger charge is -2.33. The van der Waals surface area contributed by atoms with Gasteiger partial charge in [0.05, 0.1) is 13.2 Å². The van der Waals surface area contributed by atoms with Crippen LogP contribution < -0.4 is 20.1 Å². The van der Waals surface area contributed by atoms with Crippen molar-refractivity contribution in [2.75, 3.05) is 32.1 Å². The molecule has 172 valence electrons. The van der Waals surface area contributed by atoms with E-state index in [2.05, 4.69) is 10.6 Å². The zero-order valence-electron chi connectivity index (χ0n) is 19.3. The van der Waals surface area contributed by atoms with E-state index in [-0.39, 0.29) is 24.0 Å². The van der Waals surface area contributed by atoms with Gasteiger partial charge in [-0.05, 0) is 69.9 Å². The van der Waals surface area contributed by atoms with Crippen LogP contribution in [0.5, 0.6) is 11.5 Å². The predicted molar refractivity (Wildman–Crippen MR) is 126 cm³/mol. The molecule has 1 heterocycles. The summed E-state index contributed by atoms with van der Waals surface area (Å²) in [6, 6.07) is 12.7. The molecular formula is C25H33N3O4. The number of amides is 3. The van der Waals surface area contributed by atoms with Crippen molar-refractivity contribution in [3.8, 4) is 11.5 Å². The summed E-state index contributed by atoms with van der Waals surface area (Å²) in [6.45, 7) is 7.73. The number of piperidine rings is 1. The Bertz CT molecular complexity index is 927. The third-order valence-electron chi connectivity index (χ3n) is 5.44. The van der Waals surface area contributed by atoms with Gasteiger partial charge in [0, 0.05) is 30.9 Å². The van der Waals surface area contributed by atoms with Gasteiger partial charge in [-0.1, -0.05) is 17.7 Å². The lowest BCUT2D eigenvalue weighted by molar-refractivity contribution is 0.0674. The van der Waals surface area contributed by atoms with Crippen LogP contribution in [-0.2, 0) is 0 Å². The van der Waals surface area contributed by atoms with Gasteiger partial charge in [-0.15, -0.1) is 0 Å². The standard InChI is InChI=1S/C25H33N3O4/c1-17(2)32-22-12-9-20(14-23(22)31-4)24(29)28-13-5-6-19(16-28)15-26-25(30)27-21-10-7-18(3)8-11-21/h7-12,14,17,19H,5-6,13,15-16H2,1-4H3,(H2,26,27,30). The van der Waals surface area contributed by atoms with E-state index in [9.17, 15) is 9.59 Å². The van der Waals surface area contributed by atoms with Crippen LogP contribution >= 0.6 is 0 Å². The smallest absolute Gasteiger partial charge is 0.319 e. The summed E-state index contributed by atoms with van der Waals surface area (Å²) in [7, 11) is 1.57. The number of nitrogens with zero attached hydrogens (tertiary/aromatic N) is 1. The van der Waals surface area contributed by atoms with Crippen LogP contribution in [0.25, 0.3) is 0 Å². The molecule has 1 saturated heterocycles. The van der Waals surface area contributed by atoms with Crippen molar-refractivity contribution in [1.29, 1.82) is 0 Å². The molecule has 1 aliphatic rings. The van der Waals surface area contributed by atoms with Crippen LogP contribution in [0.3, 0.4) is 0 Å². The molecule has 32 heavy (non-hydrogen) atoms. The predicted octanol–water partition coefficient (Wildman–Crippen LogP) is 4.46. The number of likely N-dealkylation sites (tertiary alicyclic amines) is 1. The number of carbonyl (C=O) groups excluding carboxylic acids is 2. The molecule has 0 radical (unpaired) electrons. The number of ether oxygens (including phenoxy) is 2. The SMILES string of the molecule is COc1cc(C(=O)N2CCCC(CNC(=O)Nc3ccc(C)cc3)C2)ccc1OC(C)C. The Kier molecular flexibility index (Phi) is 7.98. The van der Waals surface area contributed by atoms with Gasteiger partial charge in [-0.3, -0.25) is 4.79 Å². The van der Waals surface area contributed by atoms with E-state index in [1.54, 1.807) is 25.3 Å². The number of hydrogen-bond acceptors (Lipinski definition) is 4. The Morgan fingerprint density at radius 3 is 2.56 bits per heavy atom. The van der Waals surface area contributed by atoms with E-state index in [4.69, 9.17) is 9.47 Å². The maximum absolute atomic E-state index is 13.1. The molecule has 0 saturated carbocycles. The van der Waals surface area contributed by atoms with E-state index in [1.165, 1.54) is 0 Å². The van der Waals surface area contributed by atoms with Crippen molar-refractivity contribution < 1.29 is 19.1 Å². The number of urea groups is 1. The first-order chi connectivity index (χ1) is 15.4. The molecule has 0 aliphatic carbocycles. The number of carbonyl (C=O) groups is 2. The van der Waals surface area contributed by atoms with Crippen LogP contribution in [0.15, 0.2) is 42.5 Å². The minimum atomic E-state index is -0.234. The molecule has 3 rings (SSSR count). The topological polar surface area (TPSA) is 79.9 Å². The summed E-state index contributed by atoms with van der Waals surface area (Å²) in [5.74, 6) is 1.35. The second-order valence-corrected chi connectivity index (χ2v) is 8.49. The monoisotopic (exact) mass is 439 g/mol. The molecule has 2 aromatic rings. The zero-order chi connectivity index (χ0) is 23.1. The Morgan fingerprint density at radius 2 is 1.88 bits per heavy atom. The van der Waals surface area contributed by atoms with Crippen LogP contribution in [-0.4, -0.2) is 49.7 Å². The van der Waals surface area contributed by atoms with Gasteiger partial charge < -0.3 is 25.0 Å². The summed E-state index contributed by atoms with van der Waals surface area (Å²) in [6.07, 6.45) is 1.90. The first-order valence-corrected chi connectivity index (χ1v) is 11.1. The lowest BCUT2D eigenvalue weighted by Crippen LogP contribution is -2.44. The van der Waals surface area contributed by atoms with E-state index >= 15 is 0 Å². The number of methoxy groups -OCH3 is 1. The first kappa shape index (κ1) is 23.4. The second kappa shape index (κ2) is 10.9. The molecule has 1 atom stereocenters. The number of rotatable bonds is 7. The quantitative estimate of drug-likeness (QED) is 0.667. The minimum absolute atomic E-state index is 0.0176. The van der Waals surface area contributed by atoms with Crippen LogP contribution in [0, 0.1) is 12.8 Å². The van der Waals surface area contributed by atoms with Crippen LogP contribution in [0.4, 0.5) is 10.5 Å². The highest BCUT2D eigenvalue weighted by Crippen LogP contribution is 2.30. The average molecular weight is 440 g/mol. The number of hydrogen-bond donors (Lipinski definition) is 2. The van der Waals surface area contributed by atoms with Crippen LogP contribution in [0.1, 0.15) is 42.6 Å². The summed E-state index contributed by atoms with van der Waals surface area (Å²) in [4.78, 5) is 27.2. The highest BCUT2D eigenvalue weighted by molar-refractivity contribution is 5.95. The van der Waals surface area contributed by atoms with E-state index in [0.717, 1.165) is 24.1 Å². The Hall–Kier alpha value is -3.22. The van der Waals surface area contributed by atoms with Crippen molar-refractivity contribution in [2.24, 2.45) is 5.92 Å². The molecule has 1 fully saturated rings. The number of anilines is 1. The summed E-state index contributed by atoms with van der Waals surface area (Å²) in [5.41, 5.74) is 2.47. The molecule has 0 aromatic heterocycles. The van der Waals surface area contributed by atoms with Gasteiger partial charge in [0.25, 0.3) is 5.91 Å². The molecule has 7 nitrogen and oxygen atoms in total. The third-order valence-corrected chi connectivity index (χ3v) is 5.44. The fourth-order valence-electron chi connectivity index (χ4n) is 3.80. The van der Waals surface area contributed by atoms with Crippen molar-refractivity contribution in [3.05, 3.63) is 53.6 Å². The largest absolute Gasteiger partial charge is 0.493 e. The number of benzene rings is 2. The minimum Gasteiger partial charge on any atom is -0.493 e. The van der Waals surface area contributed by atoms with E-state index in [1.807, 2.05) is 49.9 Å². The molecule has 3 amide bonds. The van der Waals surface area contributed by atoms with Gasteiger partial charge in [-0.25, -0.2) is 4.79 Å². The van der Waals surface area contributed by atoms with Gasteiger partial charge in [0.1, 0.15) is 0 Å². The number of aryl methyl sites for hydroxylation is 1. The zero-order valence-corrected chi connectivity index (χ0v) is 19.3. The van der Waals surface area contributed by atoms with Crippen molar-refractivity contribution in [3.63, 3.8) is 0 Å². The molecule has 0 spiro atoms. The highest BCUT2D eigenvalue weighted by atomic mass is 16.5. The maximum atomic E-state index is 13.1. The average Bonchev–Trinajstić information content (AvgIpc) is 2.79. The maximum Gasteiger partial charge on any atom is 0.319 e. The molecular weight excluding hydrogens is 406 g/mol. The number of nitrogens with one attached hydrogen (secondary N) is 2. The first-order valence-electron chi connectivity index (χ1n) is 11.1. The van der Waals surface area contributed by atoms with E-state index < -0.39 is 0 Å². The molecule has 0 bridgehead atoms. The van der Waals surface area contributed by atoms with Gasteiger partial charge >= 0.3 is 6.03 Å². The lowest BCUT2D eigenvalue weighted by atomic mass is 9.97. The molecule has 1 unspecified atom stereocenters. The Labute approximate surface area is 190 Å². The summed E-state index contributed by atoms with van der Waals surface area (Å²) < 4.78 is 11.2. The Balaban J connectivity index is 1.55. The van der Waals surface area contributed by atoms with Crippen LogP contribution in [0.2, 0.25) is 0 Å². The van der Waals surface area contributed by atoms with Crippen molar-refractivity contribution in [1.82, 2.24) is 10.2 Å². The summed E-state index contributed by atoms with van der Waals surface area (Å²) in [5, 5.41) is 5.78. The third kappa shape index (κ3) is 6.39. The summed E-state index contributed by atoms with van der Waals surface area (Å²) >= 11 is 0.